The van der Waals surface area contributed by atoms with Gasteiger partial charge in [-0.15, -0.1) is 16.4 Å². The zero-order valence-electron chi connectivity index (χ0n) is 22.8. The SMILES string of the molecule is COC1C(Sc2cc(Cl)cnc2-c2ccncc2)OC2COC(c3ccccc3)OC2C1n1cc(-c2csc(N)n2)nn1. The number of rotatable bonds is 7. The van der Waals surface area contributed by atoms with Gasteiger partial charge < -0.3 is 24.7 Å². The lowest BCUT2D eigenvalue weighted by Crippen LogP contribution is -2.59. The van der Waals surface area contributed by atoms with Crippen LogP contribution in [-0.2, 0) is 18.9 Å². The summed E-state index contributed by atoms with van der Waals surface area (Å²) in [6.07, 6.45) is 4.95. The van der Waals surface area contributed by atoms with E-state index in [0.29, 0.717) is 28.1 Å². The maximum Gasteiger partial charge on any atom is 0.184 e. The summed E-state index contributed by atoms with van der Waals surface area (Å²) in [6.45, 7) is 0.309. The highest BCUT2D eigenvalue weighted by Crippen LogP contribution is 2.46. The first kappa shape index (κ1) is 28.3. The van der Waals surface area contributed by atoms with Crippen molar-refractivity contribution in [2.24, 2.45) is 0 Å². The topological polar surface area (TPSA) is 132 Å². The Morgan fingerprint density at radius 1 is 1.12 bits per heavy atom. The van der Waals surface area contributed by atoms with Crippen molar-refractivity contribution in [1.29, 1.82) is 0 Å². The lowest BCUT2D eigenvalue weighted by atomic mass is 9.95. The lowest BCUT2D eigenvalue weighted by Gasteiger charge is -2.48. The van der Waals surface area contributed by atoms with Crippen molar-refractivity contribution < 1.29 is 18.9 Å². The Balaban J connectivity index is 1.26. The van der Waals surface area contributed by atoms with Crippen molar-refractivity contribution in [3.05, 3.63) is 89.3 Å². The van der Waals surface area contributed by atoms with Gasteiger partial charge in [-0.3, -0.25) is 9.97 Å². The molecule has 2 saturated heterocycles. The largest absolute Gasteiger partial charge is 0.375 e. The second kappa shape index (κ2) is 12.3. The molecule has 7 rings (SSSR count). The number of ether oxygens (including phenoxy) is 4. The number of hydrogen-bond donors (Lipinski definition) is 1. The molecule has 1 aromatic carbocycles. The van der Waals surface area contributed by atoms with Crippen molar-refractivity contribution in [1.82, 2.24) is 29.9 Å². The first-order valence-corrected chi connectivity index (χ1v) is 15.6. The molecule has 0 saturated carbocycles. The Morgan fingerprint density at radius 3 is 2.72 bits per heavy atom. The summed E-state index contributed by atoms with van der Waals surface area (Å²) >= 11 is 9.25. The number of anilines is 1. The third kappa shape index (κ3) is 5.77. The number of halogens is 1. The van der Waals surface area contributed by atoms with E-state index in [1.54, 1.807) is 30.4 Å². The second-order valence-electron chi connectivity index (χ2n) is 9.92. The molecule has 2 N–H and O–H groups in total. The van der Waals surface area contributed by atoms with E-state index in [2.05, 4.69) is 25.3 Å². The van der Waals surface area contributed by atoms with E-state index < -0.39 is 36.1 Å². The molecule has 14 heteroatoms. The molecule has 11 nitrogen and oxygen atoms in total. The summed E-state index contributed by atoms with van der Waals surface area (Å²) in [5.41, 5.74) is 9.22. The molecule has 2 aliphatic rings. The molecule has 43 heavy (non-hydrogen) atoms. The van der Waals surface area contributed by atoms with Gasteiger partial charge in [0.2, 0.25) is 0 Å². The molecule has 6 unspecified atom stereocenters. The highest BCUT2D eigenvalue weighted by molar-refractivity contribution is 8.00. The Hall–Kier alpha value is -3.43. The molecule has 0 radical (unpaired) electrons. The highest BCUT2D eigenvalue weighted by atomic mass is 35.5. The molecule has 5 aromatic rings. The Kier molecular flexibility index (Phi) is 8.10. The summed E-state index contributed by atoms with van der Waals surface area (Å²) in [5.74, 6) is 0. The van der Waals surface area contributed by atoms with Gasteiger partial charge in [0.1, 0.15) is 41.2 Å². The number of nitrogens with two attached hydrogens (primary N) is 1. The van der Waals surface area contributed by atoms with Gasteiger partial charge >= 0.3 is 0 Å². The summed E-state index contributed by atoms with van der Waals surface area (Å²) in [6, 6.07) is 15.1. The van der Waals surface area contributed by atoms with Crippen LogP contribution in [0.2, 0.25) is 5.02 Å². The normalized spacial score (nSPS) is 25.3. The van der Waals surface area contributed by atoms with Crippen LogP contribution in [0.15, 0.2) is 83.6 Å². The van der Waals surface area contributed by atoms with Crippen LogP contribution in [0, 0.1) is 0 Å². The van der Waals surface area contributed by atoms with Crippen molar-refractivity contribution in [3.63, 3.8) is 0 Å². The summed E-state index contributed by atoms with van der Waals surface area (Å²) < 4.78 is 27.4. The molecule has 220 valence electrons. The Bertz CT molecular complexity index is 1690. The van der Waals surface area contributed by atoms with Crippen molar-refractivity contribution in [2.45, 2.75) is 41.0 Å². The van der Waals surface area contributed by atoms with Crippen molar-refractivity contribution in [3.8, 4) is 22.6 Å². The maximum absolute atomic E-state index is 6.68. The molecule has 6 atom stereocenters. The second-order valence-corrected chi connectivity index (χ2v) is 12.4. The van der Waals surface area contributed by atoms with Gasteiger partial charge in [-0.2, -0.15) is 0 Å². The predicted octanol–water partition coefficient (Wildman–Crippen LogP) is 5.28. The molecular formula is C29H26ClN7O4S2. The molecular weight excluding hydrogens is 610 g/mol. The molecule has 2 aliphatic heterocycles. The monoisotopic (exact) mass is 635 g/mol. The van der Waals surface area contributed by atoms with E-state index in [1.165, 1.54) is 23.1 Å². The van der Waals surface area contributed by atoms with Gasteiger partial charge in [-0.05, 0) is 18.2 Å². The fourth-order valence-electron chi connectivity index (χ4n) is 5.30. The zero-order valence-corrected chi connectivity index (χ0v) is 25.2. The summed E-state index contributed by atoms with van der Waals surface area (Å²) in [4.78, 5) is 14.0. The highest BCUT2D eigenvalue weighted by Gasteiger charge is 2.52. The Morgan fingerprint density at radius 2 is 1.95 bits per heavy atom. The number of nitrogens with zero attached hydrogens (tertiary/aromatic N) is 6. The van der Waals surface area contributed by atoms with Crippen molar-refractivity contribution in [2.75, 3.05) is 19.5 Å². The van der Waals surface area contributed by atoms with Crippen LogP contribution in [0.4, 0.5) is 5.13 Å². The van der Waals surface area contributed by atoms with Gasteiger partial charge in [-0.25, -0.2) is 9.67 Å². The standard InChI is InChI=1S/C29H26ClN7O4S2/c1-38-26-24(37-13-19(35-36-37)20-15-42-29(31)34-20)25-21(14-39-27(41-25)17-5-3-2-4-6-17)40-28(26)43-22-11-18(30)12-33-23(22)16-7-9-32-10-8-16/h2-13,15,21,24-28H,14H2,1H3,(H2,31,34). The molecule has 0 spiro atoms. The maximum atomic E-state index is 6.68. The minimum absolute atomic E-state index is 0.309. The predicted molar refractivity (Wildman–Crippen MR) is 162 cm³/mol. The average molecular weight is 636 g/mol. The van der Waals surface area contributed by atoms with Gasteiger partial charge in [0.25, 0.3) is 0 Å². The van der Waals surface area contributed by atoms with Crippen LogP contribution < -0.4 is 5.73 Å². The molecule has 0 aliphatic carbocycles. The third-order valence-electron chi connectivity index (χ3n) is 7.27. The van der Waals surface area contributed by atoms with Crippen LogP contribution in [0.1, 0.15) is 17.9 Å². The smallest absolute Gasteiger partial charge is 0.184 e. The van der Waals surface area contributed by atoms with E-state index in [4.69, 9.17) is 36.3 Å². The number of pyridine rings is 2. The molecule has 2 fully saturated rings. The fourth-order valence-corrected chi connectivity index (χ4v) is 7.41. The first-order valence-electron chi connectivity index (χ1n) is 13.4. The number of methoxy groups -OCH3 is 1. The number of thioether (sulfide) groups is 1. The van der Waals surface area contributed by atoms with E-state index >= 15 is 0 Å². The van der Waals surface area contributed by atoms with Crippen LogP contribution in [0.3, 0.4) is 0 Å². The molecule has 6 heterocycles. The van der Waals surface area contributed by atoms with Crippen LogP contribution in [0.25, 0.3) is 22.6 Å². The summed E-state index contributed by atoms with van der Waals surface area (Å²) in [5, 5.41) is 11.8. The van der Waals surface area contributed by atoms with Gasteiger partial charge in [0.05, 0.1) is 23.5 Å². The van der Waals surface area contributed by atoms with E-state index in [0.717, 1.165) is 21.7 Å². The number of thiazole rings is 1. The fraction of sp³-hybridized carbons (Fsp3) is 0.276. The van der Waals surface area contributed by atoms with E-state index in [9.17, 15) is 0 Å². The zero-order chi connectivity index (χ0) is 29.3. The molecule has 0 amide bonds. The third-order valence-corrected chi connectivity index (χ3v) is 9.33. The van der Waals surface area contributed by atoms with Gasteiger partial charge in [-0.1, -0.05) is 58.9 Å². The van der Waals surface area contributed by atoms with E-state index in [1.807, 2.05) is 60.1 Å². The number of benzene rings is 1. The number of fused-ring (bicyclic) bond motifs is 1. The van der Waals surface area contributed by atoms with E-state index in [-0.39, 0.29) is 0 Å². The quantitative estimate of drug-likeness (QED) is 0.250. The summed E-state index contributed by atoms with van der Waals surface area (Å²) in [7, 11) is 1.65. The van der Waals surface area contributed by atoms with Gasteiger partial charge in [0, 0.05) is 47.1 Å². The minimum atomic E-state index is -0.577. The number of aromatic nitrogens is 6. The average Bonchev–Trinajstić information content (AvgIpc) is 3.70. The minimum Gasteiger partial charge on any atom is -0.375 e. The lowest BCUT2D eigenvalue weighted by molar-refractivity contribution is -0.308. The number of nitrogen functional groups attached to an aromatic ring is 1. The number of hydrogen-bond acceptors (Lipinski definition) is 12. The van der Waals surface area contributed by atoms with Crippen LogP contribution in [-0.4, -0.2) is 67.4 Å². The van der Waals surface area contributed by atoms with Gasteiger partial charge in [0.15, 0.2) is 11.4 Å². The van der Waals surface area contributed by atoms with Crippen LogP contribution in [0.5, 0.6) is 0 Å². The molecule has 0 bridgehead atoms. The Labute approximate surface area is 260 Å². The first-order chi connectivity index (χ1) is 21.1. The molecule has 4 aromatic heterocycles. The van der Waals surface area contributed by atoms with Crippen LogP contribution >= 0.6 is 34.7 Å². The van der Waals surface area contributed by atoms with Crippen molar-refractivity contribution >= 4 is 39.8 Å².